The lowest BCUT2D eigenvalue weighted by atomic mass is 10.1. The number of pyridine rings is 1. The molecule has 2 rings (SSSR count). The number of anilines is 1. The van der Waals surface area contributed by atoms with E-state index in [0.717, 1.165) is 44.5 Å². The maximum atomic E-state index is 4.84. The van der Waals surface area contributed by atoms with Crippen LogP contribution in [0.15, 0.2) is 23.3 Å². The molecule has 6 nitrogen and oxygen atoms in total. The molecule has 0 saturated carbocycles. The highest BCUT2D eigenvalue weighted by molar-refractivity contribution is 5.80. The third kappa shape index (κ3) is 7.37. The van der Waals surface area contributed by atoms with Crippen LogP contribution in [-0.2, 0) is 6.54 Å². The van der Waals surface area contributed by atoms with E-state index in [0.29, 0.717) is 12.6 Å². The number of nitrogens with zero attached hydrogens (tertiary/aromatic N) is 4. The first kappa shape index (κ1) is 21.5. The maximum Gasteiger partial charge on any atom is 0.191 e. The Hall–Kier alpha value is -1.82. The van der Waals surface area contributed by atoms with Crippen LogP contribution in [0.2, 0.25) is 0 Å². The lowest BCUT2D eigenvalue weighted by Crippen LogP contribution is -2.45. The Labute approximate surface area is 165 Å². The van der Waals surface area contributed by atoms with Crippen LogP contribution in [0, 0.1) is 0 Å². The van der Waals surface area contributed by atoms with Crippen molar-refractivity contribution in [2.75, 3.05) is 44.7 Å². The molecule has 1 aliphatic heterocycles. The van der Waals surface area contributed by atoms with Crippen LogP contribution in [0.3, 0.4) is 0 Å². The molecular weight excluding hydrogens is 336 g/mol. The Balaban J connectivity index is 2.00. The van der Waals surface area contributed by atoms with Crippen molar-refractivity contribution >= 4 is 11.8 Å². The molecule has 1 aromatic rings. The minimum Gasteiger partial charge on any atom is -0.357 e. The number of hydrogen-bond acceptors (Lipinski definition) is 4. The summed E-state index contributed by atoms with van der Waals surface area (Å²) >= 11 is 0. The highest BCUT2D eigenvalue weighted by Gasteiger charge is 2.17. The number of rotatable bonds is 9. The highest BCUT2D eigenvalue weighted by Crippen LogP contribution is 2.19. The summed E-state index contributed by atoms with van der Waals surface area (Å²) in [6, 6.07) is 4.59. The van der Waals surface area contributed by atoms with Gasteiger partial charge in [0, 0.05) is 50.5 Å². The SMILES string of the molecule is CCCCCC(C)NC(=NCc1cccnc1N1CCN(C)CC1)NCC. The van der Waals surface area contributed by atoms with Crippen molar-refractivity contribution in [2.24, 2.45) is 4.99 Å². The standard InChI is InChI=1S/C21H38N6/c1-5-7-8-10-18(3)25-21(22-6-2)24-17-19-11-9-12-23-20(19)27-15-13-26(4)14-16-27/h9,11-12,18H,5-8,10,13-17H2,1-4H3,(H2,22,24,25). The van der Waals surface area contributed by atoms with E-state index in [-0.39, 0.29) is 0 Å². The first-order valence-corrected chi connectivity index (χ1v) is 10.6. The van der Waals surface area contributed by atoms with Gasteiger partial charge in [-0.1, -0.05) is 32.3 Å². The number of unbranched alkanes of at least 4 members (excludes halogenated alkanes) is 2. The number of nitrogens with one attached hydrogen (secondary N) is 2. The number of piperazine rings is 1. The maximum absolute atomic E-state index is 4.84. The zero-order valence-electron chi connectivity index (χ0n) is 17.7. The van der Waals surface area contributed by atoms with Crippen molar-refractivity contribution in [1.82, 2.24) is 20.5 Å². The molecule has 0 bridgehead atoms. The first-order valence-electron chi connectivity index (χ1n) is 10.6. The van der Waals surface area contributed by atoms with Crippen LogP contribution in [0.1, 0.15) is 52.0 Å². The Bertz CT molecular complexity index is 566. The van der Waals surface area contributed by atoms with Gasteiger partial charge in [0.05, 0.1) is 6.54 Å². The van der Waals surface area contributed by atoms with Gasteiger partial charge in [0.2, 0.25) is 0 Å². The second-order valence-corrected chi connectivity index (χ2v) is 7.51. The van der Waals surface area contributed by atoms with Crippen molar-refractivity contribution in [3.8, 4) is 0 Å². The van der Waals surface area contributed by atoms with Gasteiger partial charge < -0.3 is 20.4 Å². The fourth-order valence-electron chi connectivity index (χ4n) is 3.35. The molecule has 0 spiro atoms. The number of guanidine groups is 1. The zero-order chi connectivity index (χ0) is 19.5. The molecule has 2 heterocycles. The summed E-state index contributed by atoms with van der Waals surface area (Å²) < 4.78 is 0. The number of likely N-dealkylation sites (N-methyl/N-ethyl adjacent to an activating group) is 1. The van der Waals surface area contributed by atoms with Gasteiger partial charge in [0.1, 0.15) is 5.82 Å². The first-order chi connectivity index (χ1) is 13.1. The van der Waals surface area contributed by atoms with E-state index < -0.39 is 0 Å². The van der Waals surface area contributed by atoms with Crippen molar-refractivity contribution < 1.29 is 0 Å². The van der Waals surface area contributed by atoms with Gasteiger partial charge in [-0.15, -0.1) is 0 Å². The molecule has 6 heteroatoms. The topological polar surface area (TPSA) is 55.8 Å². The van der Waals surface area contributed by atoms with Gasteiger partial charge >= 0.3 is 0 Å². The molecule has 0 aromatic carbocycles. The van der Waals surface area contributed by atoms with E-state index in [4.69, 9.17) is 4.99 Å². The average molecular weight is 375 g/mol. The summed E-state index contributed by atoms with van der Waals surface area (Å²) in [4.78, 5) is 14.3. The minimum atomic E-state index is 0.431. The van der Waals surface area contributed by atoms with Crippen LogP contribution >= 0.6 is 0 Å². The largest absolute Gasteiger partial charge is 0.357 e. The van der Waals surface area contributed by atoms with E-state index in [1.165, 1.54) is 31.2 Å². The molecule has 152 valence electrons. The summed E-state index contributed by atoms with van der Waals surface area (Å²) in [6.45, 7) is 12.3. The number of hydrogen-bond donors (Lipinski definition) is 2. The summed E-state index contributed by atoms with van der Waals surface area (Å²) in [7, 11) is 2.18. The Morgan fingerprint density at radius 1 is 1.22 bits per heavy atom. The molecular formula is C21H38N6. The lowest BCUT2D eigenvalue weighted by molar-refractivity contribution is 0.312. The number of aliphatic imine (C=N–C) groups is 1. The third-order valence-electron chi connectivity index (χ3n) is 5.05. The average Bonchev–Trinajstić information content (AvgIpc) is 2.67. The van der Waals surface area contributed by atoms with Gasteiger partial charge in [-0.25, -0.2) is 9.98 Å². The summed E-state index contributed by atoms with van der Waals surface area (Å²) in [5.41, 5.74) is 1.19. The molecule has 2 N–H and O–H groups in total. The monoisotopic (exact) mass is 374 g/mol. The molecule has 1 fully saturated rings. The van der Waals surface area contributed by atoms with E-state index in [9.17, 15) is 0 Å². The minimum absolute atomic E-state index is 0.431. The normalized spacial score (nSPS) is 17.0. The fraction of sp³-hybridized carbons (Fsp3) is 0.714. The van der Waals surface area contributed by atoms with Crippen molar-refractivity contribution in [1.29, 1.82) is 0 Å². The van der Waals surface area contributed by atoms with Crippen molar-refractivity contribution in [2.45, 2.75) is 59.0 Å². The van der Waals surface area contributed by atoms with Crippen LogP contribution in [-0.4, -0.2) is 61.7 Å². The molecule has 0 radical (unpaired) electrons. The predicted octanol–water partition coefficient (Wildman–Crippen LogP) is 2.86. The second-order valence-electron chi connectivity index (χ2n) is 7.51. The van der Waals surface area contributed by atoms with E-state index in [1.807, 2.05) is 12.3 Å². The van der Waals surface area contributed by atoms with Gasteiger partial charge in [0.15, 0.2) is 5.96 Å². The molecule has 1 aliphatic rings. The molecule has 1 saturated heterocycles. The van der Waals surface area contributed by atoms with Crippen LogP contribution < -0.4 is 15.5 Å². The van der Waals surface area contributed by atoms with Crippen LogP contribution in [0.25, 0.3) is 0 Å². The lowest BCUT2D eigenvalue weighted by Gasteiger charge is -2.34. The number of aromatic nitrogens is 1. The van der Waals surface area contributed by atoms with E-state index in [2.05, 4.69) is 59.3 Å². The molecule has 1 atom stereocenters. The van der Waals surface area contributed by atoms with Crippen molar-refractivity contribution in [3.05, 3.63) is 23.9 Å². The molecule has 1 unspecified atom stereocenters. The van der Waals surface area contributed by atoms with Crippen molar-refractivity contribution in [3.63, 3.8) is 0 Å². The summed E-state index contributed by atoms with van der Waals surface area (Å²) in [5, 5.41) is 6.93. The quantitative estimate of drug-likeness (QED) is 0.395. The van der Waals surface area contributed by atoms with Crippen LogP contribution in [0.5, 0.6) is 0 Å². The molecule has 1 aromatic heterocycles. The Kier molecular flexibility index (Phi) is 9.39. The van der Waals surface area contributed by atoms with E-state index in [1.54, 1.807) is 0 Å². The summed E-state index contributed by atoms with van der Waals surface area (Å²) in [5.74, 6) is 1.98. The second kappa shape index (κ2) is 11.8. The smallest absolute Gasteiger partial charge is 0.191 e. The predicted molar refractivity (Wildman–Crippen MR) is 116 cm³/mol. The highest BCUT2D eigenvalue weighted by atomic mass is 15.3. The third-order valence-corrected chi connectivity index (χ3v) is 5.05. The molecule has 0 aliphatic carbocycles. The Morgan fingerprint density at radius 3 is 2.70 bits per heavy atom. The Morgan fingerprint density at radius 2 is 2.00 bits per heavy atom. The fourth-order valence-corrected chi connectivity index (χ4v) is 3.35. The van der Waals surface area contributed by atoms with Gasteiger partial charge in [-0.2, -0.15) is 0 Å². The molecule has 27 heavy (non-hydrogen) atoms. The van der Waals surface area contributed by atoms with Gasteiger partial charge in [0.25, 0.3) is 0 Å². The van der Waals surface area contributed by atoms with Crippen LogP contribution in [0.4, 0.5) is 5.82 Å². The van der Waals surface area contributed by atoms with Gasteiger partial charge in [-0.05, 0) is 33.4 Å². The van der Waals surface area contributed by atoms with Gasteiger partial charge in [-0.3, -0.25) is 0 Å². The van der Waals surface area contributed by atoms with E-state index >= 15 is 0 Å². The zero-order valence-corrected chi connectivity index (χ0v) is 17.7. The molecule has 0 amide bonds. The summed E-state index contributed by atoms with van der Waals surface area (Å²) in [6.07, 6.45) is 6.89.